The lowest BCUT2D eigenvalue weighted by Crippen LogP contribution is -2.37. The van der Waals surface area contributed by atoms with Gasteiger partial charge in [0.25, 0.3) is 0 Å². The Balaban J connectivity index is 2.04. The minimum Gasteiger partial charge on any atom is -0.389 e. The predicted molar refractivity (Wildman–Crippen MR) is 48.6 cm³/mol. The van der Waals surface area contributed by atoms with Crippen LogP contribution in [0.5, 0.6) is 0 Å². The summed E-state index contributed by atoms with van der Waals surface area (Å²) in [5.74, 6) is 0. The van der Waals surface area contributed by atoms with E-state index in [2.05, 4.69) is 0 Å². The first kappa shape index (κ1) is 7.81. The third-order valence-corrected chi connectivity index (χ3v) is 2.45. The highest BCUT2D eigenvalue weighted by Crippen LogP contribution is 2.35. The number of benzene rings is 1. The van der Waals surface area contributed by atoms with Gasteiger partial charge < -0.3 is 5.11 Å². The molecule has 1 nitrogen and oxygen atoms in total. The van der Waals surface area contributed by atoms with Gasteiger partial charge in [-0.05, 0) is 24.8 Å². The van der Waals surface area contributed by atoms with E-state index >= 15 is 0 Å². The van der Waals surface area contributed by atoms with Crippen LogP contribution in [0.3, 0.4) is 0 Å². The zero-order valence-electron chi connectivity index (χ0n) is 7.03. The molecule has 2 rings (SSSR count). The Morgan fingerprint density at radius 2 is 1.83 bits per heavy atom. The molecule has 63 valence electrons. The number of aliphatic hydroxyl groups is 1. The van der Waals surface area contributed by atoms with Gasteiger partial charge in [0.2, 0.25) is 0 Å². The largest absolute Gasteiger partial charge is 0.389 e. The Kier molecular flexibility index (Phi) is 1.89. The Labute approximate surface area is 73.0 Å². The zero-order chi connectivity index (χ0) is 8.44. The van der Waals surface area contributed by atoms with Crippen molar-refractivity contribution in [2.75, 3.05) is 0 Å². The average Bonchev–Trinajstić information content (AvgIpc) is 2.04. The predicted octanol–water partition coefficient (Wildman–Crippen LogP) is 2.15. The third-order valence-electron chi connectivity index (χ3n) is 2.45. The van der Waals surface area contributed by atoms with E-state index in [0.29, 0.717) is 0 Å². The van der Waals surface area contributed by atoms with Gasteiger partial charge in [0.05, 0.1) is 5.60 Å². The van der Waals surface area contributed by atoms with Crippen molar-refractivity contribution in [2.45, 2.75) is 24.9 Å². The van der Waals surface area contributed by atoms with Crippen LogP contribution < -0.4 is 0 Å². The van der Waals surface area contributed by atoms with Crippen molar-refractivity contribution in [3.8, 4) is 0 Å². The van der Waals surface area contributed by atoms with Gasteiger partial charge in [0.15, 0.2) is 0 Å². The van der Waals surface area contributed by atoms with Crippen LogP contribution in [0.4, 0.5) is 0 Å². The van der Waals surface area contributed by atoms with Gasteiger partial charge in [-0.15, -0.1) is 0 Å². The van der Waals surface area contributed by atoms with Crippen molar-refractivity contribution in [1.29, 1.82) is 0 Å². The quantitative estimate of drug-likeness (QED) is 0.704. The zero-order valence-corrected chi connectivity index (χ0v) is 7.03. The number of hydrogen-bond acceptors (Lipinski definition) is 1. The normalized spacial score (nSPS) is 20.1. The maximum Gasteiger partial charge on any atom is 0.0723 e. The molecule has 0 unspecified atom stereocenters. The second kappa shape index (κ2) is 2.91. The van der Waals surface area contributed by atoms with E-state index in [0.717, 1.165) is 24.8 Å². The molecule has 0 bridgehead atoms. The van der Waals surface area contributed by atoms with E-state index in [1.165, 1.54) is 0 Å². The molecule has 1 heteroatoms. The molecule has 0 atom stereocenters. The van der Waals surface area contributed by atoms with Crippen LogP contribution in [-0.4, -0.2) is 10.7 Å². The van der Waals surface area contributed by atoms with Crippen molar-refractivity contribution in [3.05, 3.63) is 42.3 Å². The lowest BCUT2D eigenvalue weighted by molar-refractivity contribution is 0.00151. The Morgan fingerprint density at radius 3 is 2.33 bits per heavy atom. The minimum absolute atomic E-state index is 0.499. The molecule has 0 spiro atoms. The van der Waals surface area contributed by atoms with Gasteiger partial charge in [0, 0.05) is 6.42 Å². The van der Waals surface area contributed by atoms with Crippen molar-refractivity contribution < 1.29 is 5.11 Å². The molecular weight excluding hydrogens is 148 g/mol. The highest BCUT2D eigenvalue weighted by atomic mass is 16.3. The van der Waals surface area contributed by atoms with Gasteiger partial charge >= 0.3 is 0 Å². The molecule has 12 heavy (non-hydrogen) atoms. The summed E-state index contributed by atoms with van der Waals surface area (Å²) < 4.78 is 0. The van der Waals surface area contributed by atoms with Crippen molar-refractivity contribution in [2.24, 2.45) is 0 Å². The average molecular weight is 161 g/mol. The maximum absolute atomic E-state index is 9.81. The molecule has 1 N–H and O–H groups in total. The molecule has 1 aliphatic rings. The fourth-order valence-corrected chi connectivity index (χ4v) is 1.54. The molecule has 1 aromatic carbocycles. The summed E-state index contributed by atoms with van der Waals surface area (Å²) in [7, 11) is 0. The molecule has 0 amide bonds. The lowest BCUT2D eigenvalue weighted by atomic mass is 9.76. The molecule has 1 radical (unpaired) electrons. The van der Waals surface area contributed by atoms with Gasteiger partial charge in [-0.2, -0.15) is 0 Å². The maximum atomic E-state index is 9.81. The van der Waals surface area contributed by atoms with E-state index in [1.54, 1.807) is 0 Å². The first-order valence-electron chi connectivity index (χ1n) is 4.42. The first-order chi connectivity index (χ1) is 5.79. The highest BCUT2D eigenvalue weighted by Gasteiger charge is 2.34. The summed E-state index contributed by atoms with van der Waals surface area (Å²) >= 11 is 0. The molecule has 0 aliphatic heterocycles. The van der Waals surface area contributed by atoms with E-state index in [9.17, 15) is 5.11 Å². The Morgan fingerprint density at radius 1 is 1.17 bits per heavy atom. The summed E-state index contributed by atoms with van der Waals surface area (Å²) in [6, 6.07) is 10.0. The third kappa shape index (κ3) is 1.51. The molecular formula is C11H13O. The van der Waals surface area contributed by atoms with Crippen LogP contribution >= 0.6 is 0 Å². The van der Waals surface area contributed by atoms with Gasteiger partial charge in [-0.1, -0.05) is 30.3 Å². The highest BCUT2D eigenvalue weighted by molar-refractivity contribution is 5.27. The first-order valence-corrected chi connectivity index (χ1v) is 4.42. The summed E-state index contributed by atoms with van der Waals surface area (Å²) in [5.41, 5.74) is 0.626. The second-order valence-corrected chi connectivity index (χ2v) is 3.51. The van der Waals surface area contributed by atoms with Crippen LogP contribution in [0.2, 0.25) is 0 Å². The molecule has 0 heterocycles. The summed E-state index contributed by atoms with van der Waals surface area (Å²) in [6.07, 6.45) is 4.96. The lowest BCUT2D eigenvalue weighted by Gasteiger charge is -2.36. The Hall–Kier alpha value is -0.820. The minimum atomic E-state index is -0.499. The molecule has 0 saturated heterocycles. The van der Waals surface area contributed by atoms with E-state index in [4.69, 9.17) is 0 Å². The van der Waals surface area contributed by atoms with Gasteiger partial charge in [0.1, 0.15) is 0 Å². The van der Waals surface area contributed by atoms with Crippen molar-refractivity contribution in [1.82, 2.24) is 0 Å². The van der Waals surface area contributed by atoms with Crippen LogP contribution in [0.1, 0.15) is 24.8 Å². The Bertz CT molecular complexity index is 249. The van der Waals surface area contributed by atoms with Crippen LogP contribution in [0.25, 0.3) is 0 Å². The monoisotopic (exact) mass is 161 g/mol. The SMILES string of the molecule is OC1([CH]c2ccccc2)CCC1. The van der Waals surface area contributed by atoms with Crippen molar-refractivity contribution >= 4 is 0 Å². The molecule has 1 aliphatic carbocycles. The molecule has 1 fully saturated rings. The molecule has 1 saturated carbocycles. The van der Waals surface area contributed by atoms with E-state index < -0.39 is 5.60 Å². The fraction of sp³-hybridized carbons (Fsp3) is 0.364. The summed E-state index contributed by atoms with van der Waals surface area (Å²) in [4.78, 5) is 0. The number of hydrogen-bond donors (Lipinski definition) is 1. The van der Waals surface area contributed by atoms with Gasteiger partial charge in [-0.3, -0.25) is 0 Å². The second-order valence-electron chi connectivity index (χ2n) is 3.51. The van der Waals surface area contributed by atoms with Gasteiger partial charge in [-0.25, -0.2) is 0 Å². The fourth-order valence-electron chi connectivity index (χ4n) is 1.54. The smallest absolute Gasteiger partial charge is 0.0723 e. The van der Waals surface area contributed by atoms with Crippen LogP contribution in [0.15, 0.2) is 30.3 Å². The summed E-state index contributed by atoms with van der Waals surface area (Å²) in [6.45, 7) is 0. The standard InChI is InChI=1S/C11H13O/c12-11(7-4-8-11)9-10-5-2-1-3-6-10/h1-3,5-6,9,12H,4,7-8H2. The molecule has 1 aromatic rings. The van der Waals surface area contributed by atoms with E-state index in [-0.39, 0.29) is 0 Å². The van der Waals surface area contributed by atoms with Crippen LogP contribution in [0, 0.1) is 6.42 Å². The van der Waals surface area contributed by atoms with E-state index in [1.807, 2.05) is 36.8 Å². The summed E-state index contributed by atoms with van der Waals surface area (Å²) in [5, 5.41) is 9.81. The van der Waals surface area contributed by atoms with Crippen molar-refractivity contribution in [3.63, 3.8) is 0 Å². The van der Waals surface area contributed by atoms with Crippen LogP contribution in [-0.2, 0) is 0 Å². The number of rotatable bonds is 2. The topological polar surface area (TPSA) is 20.2 Å². The molecule has 0 aromatic heterocycles.